The minimum atomic E-state index is -1.26. The lowest BCUT2D eigenvalue weighted by molar-refractivity contribution is 0.0571. The third-order valence-electron chi connectivity index (χ3n) is 3.03. The van der Waals surface area contributed by atoms with Crippen molar-refractivity contribution in [2.24, 2.45) is 0 Å². The second-order valence-electron chi connectivity index (χ2n) is 4.45. The Morgan fingerprint density at radius 2 is 2.10 bits per heavy atom. The molecule has 0 radical (unpaired) electrons. The van der Waals surface area contributed by atoms with Crippen LogP contribution in [0, 0.1) is 0 Å². The van der Waals surface area contributed by atoms with Crippen molar-refractivity contribution in [2.75, 3.05) is 13.2 Å². The molecule has 0 spiro atoms. The topological polar surface area (TPSA) is 116 Å². The van der Waals surface area contributed by atoms with Gasteiger partial charge in [-0.05, 0) is 24.4 Å². The minimum absolute atomic E-state index is 0.0153. The van der Waals surface area contributed by atoms with Gasteiger partial charge in [0.05, 0.1) is 13.2 Å². The monoisotopic (exact) mass is 282 g/mol. The molecule has 8 heteroatoms. The fourth-order valence-electron chi connectivity index (χ4n) is 2.03. The maximum absolute atomic E-state index is 11.4. The molecule has 0 bridgehead atoms. The van der Waals surface area contributed by atoms with Crippen LogP contribution >= 0.6 is 0 Å². The molecule has 1 aromatic carbocycles. The van der Waals surface area contributed by atoms with E-state index in [-0.39, 0.29) is 17.1 Å². The van der Waals surface area contributed by atoms with E-state index in [1.54, 1.807) is 6.07 Å². The lowest BCUT2D eigenvalue weighted by Gasteiger charge is -2.24. The number of rotatable bonds is 5. The van der Waals surface area contributed by atoms with Crippen molar-refractivity contribution >= 4 is 13.1 Å². The van der Waals surface area contributed by atoms with Crippen LogP contribution in [-0.4, -0.2) is 52.7 Å². The summed E-state index contributed by atoms with van der Waals surface area (Å²) in [4.78, 5) is 11.4. The molecule has 2 rings (SSSR count). The van der Waals surface area contributed by atoms with Gasteiger partial charge in [0.15, 0.2) is 0 Å². The molecule has 20 heavy (non-hydrogen) atoms. The van der Waals surface area contributed by atoms with Crippen LogP contribution in [0.5, 0.6) is 11.5 Å². The van der Waals surface area contributed by atoms with Crippen LogP contribution in [-0.2, 0) is 6.42 Å². The normalized spacial score (nSPS) is 13.9. The van der Waals surface area contributed by atoms with Crippen LogP contribution in [0.1, 0.15) is 15.9 Å². The molecule has 108 valence electrons. The molecule has 0 unspecified atom stereocenters. The Kier molecular flexibility index (Phi) is 4.48. The van der Waals surface area contributed by atoms with E-state index >= 15 is 0 Å². The van der Waals surface area contributed by atoms with E-state index in [4.69, 9.17) is 19.6 Å². The second kappa shape index (κ2) is 6.12. The Bertz CT molecular complexity index is 501. The molecule has 1 aromatic rings. The van der Waals surface area contributed by atoms with Crippen molar-refractivity contribution in [1.82, 2.24) is 0 Å². The average molecular weight is 282 g/mol. The van der Waals surface area contributed by atoms with Crippen LogP contribution in [0.3, 0.4) is 0 Å². The van der Waals surface area contributed by atoms with E-state index in [0.717, 1.165) is 0 Å². The van der Waals surface area contributed by atoms with Crippen molar-refractivity contribution in [1.29, 1.82) is 0 Å². The minimum Gasteiger partial charge on any atom is -0.535 e. The summed E-state index contributed by atoms with van der Waals surface area (Å²) in [6.45, 7) is -0.897. The van der Waals surface area contributed by atoms with Gasteiger partial charge in [0.25, 0.3) is 0 Å². The molecule has 0 saturated heterocycles. The third-order valence-corrected chi connectivity index (χ3v) is 3.03. The Balaban J connectivity index is 2.42. The largest absolute Gasteiger partial charge is 0.535 e. The zero-order valence-corrected chi connectivity index (χ0v) is 10.7. The molecule has 0 aromatic heterocycles. The van der Waals surface area contributed by atoms with Crippen molar-refractivity contribution < 1.29 is 34.5 Å². The number of aromatic carboxylic acids is 1. The van der Waals surface area contributed by atoms with Gasteiger partial charge in [-0.15, -0.1) is 0 Å². The second-order valence-corrected chi connectivity index (χ2v) is 4.45. The van der Waals surface area contributed by atoms with Crippen molar-refractivity contribution in [3.8, 4) is 11.5 Å². The lowest BCUT2D eigenvalue weighted by atomic mass is 9.78. The average Bonchev–Trinajstić information content (AvgIpc) is 2.43. The maximum Gasteiger partial charge on any atom is 0.522 e. The Morgan fingerprint density at radius 3 is 2.70 bits per heavy atom. The SMILES string of the molecule is O=C(O)c1c(OC(CO)CO)ccc2c1OB(O)CC2. The van der Waals surface area contributed by atoms with Crippen LogP contribution in [0.25, 0.3) is 0 Å². The highest BCUT2D eigenvalue weighted by Gasteiger charge is 2.30. The number of hydrogen-bond acceptors (Lipinski definition) is 6. The summed E-state index contributed by atoms with van der Waals surface area (Å²) >= 11 is 0. The first kappa shape index (κ1) is 14.6. The number of carboxylic acid groups (broad SMARTS) is 1. The summed E-state index contributed by atoms with van der Waals surface area (Å²) in [6.07, 6.45) is -0.0255. The summed E-state index contributed by atoms with van der Waals surface area (Å²) in [6, 6.07) is 3.11. The van der Waals surface area contributed by atoms with Gasteiger partial charge in [0.1, 0.15) is 23.2 Å². The molecular weight excluding hydrogens is 267 g/mol. The third kappa shape index (κ3) is 2.87. The maximum atomic E-state index is 11.4. The number of carboxylic acids is 1. The predicted octanol–water partition coefficient (Wildman–Crippen LogP) is -0.468. The molecule has 0 saturated carbocycles. The number of carbonyl (C=O) groups is 1. The molecule has 1 aliphatic rings. The highest BCUT2D eigenvalue weighted by atomic mass is 16.5. The first-order valence-electron chi connectivity index (χ1n) is 6.19. The molecule has 0 atom stereocenters. The standard InChI is InChI=1S/C12H15BO7/c14-5-8(6-15)19-9-2-1-7-3-4-13(18)20-11(7)10(9)12(16)17/h1-2,8,14-15,18H,3-6H2,(H,16,17). The van der Waals surface area contributed by atoms with Crippen molar-refractivity contribution in [2.45, 2.75) is 18.8 Å². The van der Waals surface area contributed by atoms with Gasteiger partial charge in [-0.2, -0.15) is 0 Å². The van der Waals surface area contributed by atoms with Gasteiger partial charge >= 0.3 is 13.1 Å². The summed E-state index contributed by atoms with van der Waals surface area (Å²) in [5.41, 5.74) is 0.456. The zero-order valence-electron chi connectivity index (χ0n) is 10.7. The fourth-order valence-corrected chi connectivity index (χ4v) is 2.03. The Labute approximate surface area is 115 Å². The van der Waals surface area contributed by atoms with E-state index in [1.165, 1.54) is 6.07 Å². The number of aliphatic hydroxyl groups excluding tert-OH is 2. The Hall–Kier alpha value is -1.77. The number of aliphatic hydroxyl groups is 2. The van der Waals surface area contributed by atoms with Crippen LogP contribution in [0.15, 0.2) is 12.1 Å². The van der Waals surface area contributed by atoms with E-state index < -0.39 is 32.4 Å². The van der Waals surface area contributed by atoms with E-state index in [9.17, 15) is 14.9 Å². The lowest BCUT2D eigenvalue weighted by Crippen LogP contribution is -2.29. The summed E-state index contributed by atoms with van der Waals surface area (Å²) in [7, 11) is -1.05. The van der Waals surface area contributed by atoms with Gasteiger partial charge in [-0.25, -0.2) is 4.79 Å². The van der Waals surface area contributed by atoms with Gasteiger partial charge in [0, 0.05) is 0 Å². The summed E-state index contributed by atoms with van der Waals surface area (Å²) < 4.78 is 10.4. The number of benzene rings is 1. The molecular formula is C12H15BO7. The summed E-state index contributed by atoms with van der Waals surface area (Å²) in [5, 5.41) is 36.8. The number of hydrogen-bond donors (Lipinski definition) is 4. The quantitative estimate of drug-likeness (QED) is 0.539. The highest BCUT2D eigenvalue weighted by Crippen LogP contribution is 2.36. The molecule has 0 fully saturated rings. The molecule has 1 aliphatic heterocycles. The predicted molar refractivity (Wildman–Crippen MR) is 69.1 cm³/mol. The smallest absolute Gasteiger partial charge is 0.522 e. The van der Waals surface area contributed by atoms with Crippen molar-refractivity contribution in [3.63, 3.8) is 0 Å². The van der Waals surface area contributed by atoms with Crippen LogP contribution < -0.4 is 9.39 Å². The van der Waals surface area contributed by atoms with Gasteiger partial charge in [-0.1, -0.05) is 6.07 Å². The van der Waals surface area contributed by atoms with Gasteiger partial charge in [-0.3, -0.25) is 0 Å². The number of aryl methyl sites for hydroxylation is 1. The number of ether oxygens (including phenoxy) is 1. The molecule has 7 nitrogen and oxygen atoms in total. The highest BCUT2D eigenvalue weighted by molar-refractivity contribution is 6.44. The van der Waals surface area contributed by atoms with Crippen molar-refractivity contribution in [3.05, 3.63) is 23.3 Å². The van der Waals surface area contributed by atoms with Gasteiger partial charge < -0.3 is 29.7 Å². The fraction of sp³-hybridized carbons (Fsp3) is 0.417. The first-order valence-corrected chi connectivity index (χ1v) is 6.19. The molecule has 0 aliphatic carbocycles. The van der Waals surface area contributed by atoms with Crippen LogP contribution in [0.4, 0.5) is 0 Å². The molecule has 0 amide bonds. The van der Waals surface area contributed by atoms with E-state index in [1.807, 2.05) is 0 Å². The summed E-state index contributed by atoms with van der Waals surface area (Å²) in [5.74, 6) is -1.21. The van der Waals surface area contributed by atoms with Gasteiger partial charge in [0.2, 0.25) is 0 Å². The molecule has 1 heterocycles. The van der Waals surface area contributed by atoms with E-state index in [0.29, 0.717) is 18.3 Å². The first-order chi connectivity index (χ1) is 9.56. The Morgan fingerprint density at radius 1 is 1.40 bits per heavy atom. The number of fused-ring (bicyclic) bond motifs is 1. The van der Waals surface area contributed by atoms with Crippen LogP contribution in [0.2, 0.25) is 6.32 Å². The zero-order chi connectivity index (χ0) is 14.7. The van der Waals surface area contributed by atoms with E-state index in [2.05, 4.69) is 0 Å². The molecule has 4 N–H and O–H groups in total.